The Bertz CT molecular complexity index is 556. The maximum Gasteiger partial charge on any atom is 0.222 e. The summed E-state index contributed by atoms with van der Waals surface area (Å²) < 4.78 is 0. The van der Waals surface area contributed by atoms with E-state index >= 15 is 0 Å². The molecule has 0 atom stereocenters. The summed E-state index contributed by atoms with van der Waals surface area (Å²) in [5, 5.41) is 0. The van der Waals surface area contributed by atoms with Gasteiger partial charge in [-0.05, 0) is 36.7 Å². The van der Waals surface area contributed by atoms with Gasteiger partial charge in [0.1, 0.15) is 0 Å². The van der Waals surface area contributed by atoms with Crippen LogP contribution in [0.25, 0.3) is 0 Å². The number of Topliss-reactive ketones (excluding diaryl/α,β-unsaturated/α-hetero) is 1. The fraction of sp³-hybridized carbons (Fsp3) is 0.556. The van der Waals surface area contributed by atoms with Gasteiger partial charge in [-0.2, -0.15) is 0 Å². The molecular formula is C18H23NO2. The number of rotatable bonds is 2. The number of amides is 1. The molecule has 1 fully saturated rings. The zero-order chi connectivity index (χ0) is 14.9. The highest BCUT2D eigenvalue weighted by Gasteiger charge is 2.41. The Morgan fingerprint density at radius 2 is 1.90 bits per heavy atom. The third-order valence-electron chi connectivity index (χ3n) is 5.06. The van der Waals surface area contributed by atoms with Crippen LogP contribution in [0.3, 0.4) is 0 Å². The fourth-order valence-corrected chi connectivity index (χ4v) is 3.80. The molecule has 2 aliphatic rings. The van der Waals surface area contributed by atoms with Crippen molar-refractivity contribution in [1.82, 2.24) is 4.90 Å². The Kier molecular flexibility index (Phi) is 3.83. The third kappa shape index (κ3) is 2.74. The van der Waals surface area contributed by atoms with Gasteiger partial charge in [-0.1, -0.05) is 31.2 Å². The second-order valence-corrected chi connectivity index (χ2v) is 6.56. The van der Waals surface area contributed by atoms with E-state index in [-0.39, 0.29) is 17.1 Å². The summed E-state index contributed by atoms with van der Waals surface area (Å²) in [7, 11) is 0. The average molecular weight is 285 g/mol. The number of piperidine rings is 1. The van der Waals surface area contributed by atoms with Gasteiger partial charge < -0.3 is 4.90 Å². The molecule has 1 aromatic carbocycles. The molecule has 3 rings (SSSR count). The van der Waals surface area contributed by atoms with Gasteiger partial charge in [-0.25, -0.2) is 0 Å². The minimum Gasteiger partial charge on any atom is -0.343 e. The molecule has 112 valence electrons. The Balaban J connectivity index is 1.72. The molecule has 21 heavy (non-hydrogen) atoms. The quantitative estimate of drug-likeness (QED) is 0.836. The van der Waals surface area contributed by atoms with E-state index in [9.17, 15) is 9.59 Å². The number of carbonyl (C=O) groups excluding carboxylic acids is 2. The van der Waals surface area contributed by atoms with Crippen molar-refractivity contribution in [3.63, 3.8) is 0 Å². The first-order chi connectivity index (χ1) is 10.1. The van der Waals surface area contributed by atoms with E-state index in [4.69, 9.17) is 0 Å². The van der Waals surface area contributed by atoms with Crippen molar-refractivity contribution in [1.29, 1.82) is 0 Å². The fourth-order valence-electron chi connectivity index (χ4n) is 3.80. The predicted molar refractivity (Wildman–Crippen MR) is 82.2 cm³/mol. The molecule has 1 amide bonds. The van der Waals surface area contributed by atoms with Crippen molar-refractivity contribution in [2.75, 3.05) is 13.1 Å². The van der Waals surface area contributed by atoms with Crippen LogP contribution in [0.1, 0.15) is 54.9 Å². The summed E-state index contributed by atoms with van der Waals surface area (Å²) in [6.07, 6.45) is 5.12. The highest BCUT2D eigenvalue weighted by atomic mass is 16.2. The Morgan fingerprint density at radius 3 is 2.62 bits per heavy atom. The lowest BCUT2D eigenvalue weighted by Gasteiger charge is -2.44. The van der Waals surface area contributed by atoms with Crippen molar-refractivity contribution >= 4 is 11.7 Å². The molecule has 1 aliphatic carbocycles. The van der Waals surface area contributed by atoms with Crippen molar-refractivity contribution in [2.45, 2.75) is 45.4 Å². The van der Waals surface area contributed by atoms with Crippen molar-refractivity contribution in [3.8, 4) is 0 Å². The van der Waals surface area contributed by atoms with E-state index in [1.54, 1.807) is 0 Å². The summed E-state index contributed by atoms with van der Waals surface area (Å²) in [6, 6.07) is 8.00. The standard InChI is InChI=1S/C18H23NO2/c1-2-5-17(21)19-10-8-18(9-11-19)12-14-6-3-4-7-15(14)16(20)13-18/h3-4,6-7H,2,5,8-13H2,1H3. The van der Waals surface area contributed by atoms with Gasteiger partial charge >= 0.3 is 0 Å². The molecular weight excluding hydrogens is 262 g/mol. The summed E-state index contributed by atoms with van der Waals surface area (Å²) in [6.45, 7) is 3.67. The van der Waals surface area contributed by atoms with E-state index in [2.05, 4.69) is 6.07 Å². The molecule has 0 unspecified atom stereocenters. The molecule has 0 bridgehead atoms. The van der Waals surface area contributed by atoms with Gasteiger partial charge in [-0.3, -0.25) is 9.59 Å². The minimum atomic E-state index is 0.0917. The molecule has 0 N–H and O–H groups in total. The molecule has 1 aliphatic heterocycles. The van der Waals surface area contributed by atoms with Crippen LogP contribution in [0.2, 0.25) is 0 Å². The zero-order valence-corrected chi connectivity index (χ0v) is 12.7. The largest absolute Gasteiger partial charge is 0.343 e. The van der Waals surface area contributed by atoms with Gasteiger partial charge in [0.2, 0.25) is 5.91 Å². The van der Waals surface area contributed by atoms with Crippen molar-refractivity contribution < 1.29 is 9.59 Å². The van der Waals surface area contributed by atoms with Crippen LogP contribution in [-0.4, -0.2) is 29.7 Å². The van der Waals surface area contributed by atoms with Crippen LogP contribution < -0.4 is 0 Å². The van der Waals surface area contributed by atoms with Crippen LogP contribution in [0.4, 0.5) is 0 Å². The highest BCUT2D eigenvalue weighted by molar-refractivity contribution is 5.99. The van der Waals surface area contributed by atoms with E-state index < -0.39 is 0 Å². The first-order valence-electron chi connectivity index (χ1n) is 8.02. The third-order valence-corrected chi connectivity index (χ3v) is 5.06. The molecule has 0 aromatic heterocycles. The van der Waals surface area contributed by atoms with Gasteiger partial charge in [0.15, 0.2) is 5.78 Å². The molecule has 1 aromatic rings. The lowest BCUT2D eigenvalue weighted by Crippen LogP contribution is -2.46. The second kappa shape index (κ2) is 5.63. The number of hydrogen-bond acceptors (Lipinski definition) is 2. The van der Waals surface area contributed by atoms with Crippen LogP contribution in [-0.2, 0) is 11.2 Å². The average Bonchev–Trinajstić information content (AvgIpc) is 2.48. The maximum atomic E-state index is 12.4. The molecule has 1 heterocycles. The van der Waals surface area contributed by atoms with E-state index in [1.807, 2.05) is 30.0 Å². The van der Waals surface area contributed by atoms with Crippen LogP contribution in [0, 0.1) is 5.41 Å². The number of fused-ring (bicyclic) bond motifs is 1. The topological polar surface area (TPSA) is 37.4 Å². The molecule has 0 saturated carbocycles. The van der Waals surface area contributed by atoms with E-state index in [0.29, 0.717) is 12.8 Å². The number of carbonyl (C=O) groups is 2. The van der Waals surface area contributed by atoms with Gasteiger partial charge in [-0.15, -0.1) is 0 Å². The maximum absolute atomic E-state index is 12.4. The molecule has 1 spiro atoms. The van der Waals surface area contributed by atoms with Crippen LogP contribution >= 0.6 is 0 Å². The number of nitrogens with zero attached hydrogens (tertiary/aromatic N) is 1. The first-order valence-corrected chi connectivity index (χ1v) is 8.02. The van der Waals surface area contributed by atoms with Gasteiger partial charge in [0, 0.05) is 31.5 Å². The molecule has 3 nitrogen and oxygen atoms in total. The summed E-state index contributed by atoms with van der Waals surface area (Å²) in [4.78, 5) is 26.4. The predicted octanol–water partition coefficient (Wildman–Crippen LogP) is 3.22. The summed E-state index contributed by atoms with van der Waals surface area (Å²) >= 11 is 0. The SMILES string of the molecule is CCCC(=O)N1CCC2(CC1)CC(=O)c1ccccc1C2. The second-order valence-electron chi connectivity index (χ2n) is 6.56. The zero-order valence-electron chi connectivity index (χ0n) is 12.7. The lowest BCUT2D eigenvalue weighted by molar-refractivity contribution is -0.133. The van der Waals surface area contributed by atoms with E-state index in [0.717, 1.165) is 44.3 Å². The molecule has 0 radical (unpaired) electrons. The molecule has 3 heteroatoms. The Morgan fingerprint density at radius 1 is 1.19 bits per heavy atom. The number of ketones is 1. The lowest BCUT2D eigenvalue weighted by atomic mass is 9.66. The Labute approximate surface area is 126 Å². The van der Waals surface area contributed by atoms with Gasteiger partial charge in [0.25, 0.3) is 0 Å². The smallest absolute Gasteiger partial charge is 0.222 e. The monoisotopic (exact) mass is 285 g/mol. The summed E-state index contributed by atoms with van der Waals surface area (Å²) in [5.41, 5.74) is 2.20. The summed E-state index contributed by atoms with van der Waals surface area (Å²) in [5.74, 6) is 0.556. The normalized spacial score (nSPS) is 20.4. The first kappa shape index (κ1) is 14.3. The number of hydrogen-bond donors (Lipinski definition) is 0. The van der Waals surface area contributed by atoms with E-state index in [1.165, 1.54) is 5.56 Å². The van der Waals surface area contributed by atoms with Gasteiger partial charge in [0.05, 0.1) is 0 Å². The highest BCUT2D eigenvalue weighted by Crippen LogP contribution is 2.43. The number of benzene rings is 1. The van der Waals surface area contributed by atoms with Crippen LogP contribution in [0.5, 0.6) is 0 Å². The number of likely N-dealkylation sites (tertiary alicyclic amines) is 1. The molecule has 1 saturated heterocycles. The van der Waals surface area contributed by atoms with Crippen LogP contribution in [0.15, 0.2) is 24.3 Å². The van der Waals surface area contributed by atoms with Crippen molar-refractivity contribution in [2.24, 2.45) is 5.41 Å². The minimum absolute atomic E-state index is 0.0917. The Hall–Kier alpha value is -1.64. The van der Waals surface area contributed by atoms with Crippen molar-refractivity contribution in [3.05, 3.63) is 35.4 Å².